The smallest absolute Gasteiger partial charge is 0.334 e. The normalized spacial score (nSPS) is 14.7. The molecular weight excluding hydrogens is 218 g/mol. The molecule has 1 aromatic carbocycles. The van der Waals surface area contributed by atoms with E-state index in [1.54, 1.807) is 7.11 Å². The van der Waals surface area contributed by atoms with Gasteiger partial charge in [-0.05, 0) is 30.3 Å². The Morgan fingerprint density at radius 3 is 2.38 bits per heavy atom. The van der Waals surface area contributed by atoms with E-state index in [2.05, 4.69) is 13.5 Å². The largest absolute Gasteiger partial charge is 0.399 e. The van der Waals surface area contributed by atoms with Crippen molar-refractivity contribution in [3.05, 3.63) is 29.8 Å². The third-order valence-electron chi connectivity index (χ3n) is 2.66. The Morgan fingerprint density at radius 1 is 1.25 bits per heavy atom. The van der Waals surface area contributed by atoms with Gasteiger partial charge in [0.05, 0.1) is 6.61 Å². The molecule has 16 heavy (non-hydrogen) atoms. The van der Waals surface area contributed by atoms with E-state index in [4.69, 9.17) is 14.6 Å². The van der Waals surface area contributed by atoms with Gasteiger partial charge in [0.15, 0.2) is 0 Å². The molecule has 0 saturated heterocycles. The third kappa shape index (κ3) is 3.96. The molecule has 0 aromatic heterocycles. The molecule has 4 heteroatoms. The second-order valence-corrected chi connectivity index (χ2v) is 7.58. The van der Waals surface area contributed by atoms with Crippen LogP contribution in [0.4, 0.5) is 5.69 Å². The first-order valence-corrected chi connectivity index (χ1v) is 8.15. The Bertz CT molecular complexity index is 315. The molecule has 0 aliphatic rings. The molecule has 0 spiro atoms. The number of benzene rings is 1. The Kier molecular flexibility index (Phi) is 4.98. The Morgan fingerprint density at radius 2 is 1.88 bits per heavy atom. The SMILES string of the molecule is CCC[Si](C)(OC)OCc1ccc(N)cc1. The van der Waals surface area contributed by atoms with Crippen molar-refractivity contribution in [2.45, 2.75) is 32.5 Å². The maximum atomic E-state index is 5.92. The summed E-state index contributed by atoms with van der Waals surface area (Å²) >= 11 is 0. The van der Waals surface area contributed by atoms with Crippen LogP contribution < -0.4 is 5.73 Å². The highest BCUT2D eigenvalue weighted by atomic mass is 28.4. The van der Waals surface area contributed by atoms with Crippen molar-refractivity contribution in [3.8, 4) is 0 Å². The first-order chi connectivity index (χ1) is 7.59. The van der Waals surface area contributed by atoms with E-state index < -0.39 is 8.56 Å². The van der Waals surface area contributed by atoms with E-state index >= 15 is 0 Å². The van der Waals surface area contributed by atoms with E-state index in [9.17, 15) is 0 Å². The molecule has 0 amide bonds. The van der Waals surface area contributed by atoms with Gasteiger partial charge in [0.25, 0.3) is 0 Å². The number of nitrogen functional groups attached to an aromatic ring is 1. The van der Waals surface area contributed by atoms with Crippen LogP contribution in [-0.4, -0.2) is 15.7 Å². The third-order valence-corrected chi connectivity index (χ3v) is 5.69. The first kappa shape index (κ1) is 13.2. The zero-order valence-electron chi connectivity index (χ0n) is 10.3. The van der Waals surface area contributed by atoms with E-state index in [0.717, 1.165) is 23.7 Å². The summed E-state index contributed by atoms with van der Waals surface area (Å²) in [5, 5.41) is 0. The summed E-state index contributed by atoms with van der Waals surface area (Å²) in [6, 6.07) is 8.80. The first-order valence-electron chi connectivity index (χ1n) is 5.63. The van der Waals surface area contributed by atoms with Crippen molar-refractivity contribution in [2.75, 3.05) is 12.8 Å². The molecule has 3 nitrogen and oxygen atoms in total. The molecule has 1 rings (SSSR count). The highest BCUT2D eigenvalue weighted by molar-refractivity contribution is 6.65. The maximum absolute atomic E-state index is 5.92. The van der Waals surface area contributed by atoms with Gasteiger partial charge >= 0.3 is 8.56 Å². The van der Waals surface area contributed by atoms with Crippen LogP contribution in [0.1, 0.15) is 18.9 Å². The summed E-state index contributed by atoms with van der Waals surface area (Å²) in [4.78, 5) is 0. The number of nitrogens with two attached hydrogens (primary N) is 1. The maximum Gasteiger partial charge on any atom is 0.334 e. The average Bonchev–Trinajstić information content (AvgIpc) is 2.29. The summed E-state index contributed by atoms with van der Waals surface area (Å²) in [7, 11) is -0.210. The van der Waals surface area contributed by atoms with Gasteiger partial charge in [-0.25, -0.2) is 0 Å². The highest BCUT2D eigenvalue weighted by Crippen LogP contribution is 2.17. The molecule has 90 valence electrons. The molecule has 0 heterocycles. The summed E-state index contributed by atoms with van der Waals surface area (Å²) < 4.78 is 11.4. The van der Waals surface area contributed by atoms with E-state index in [1.807, 2.05) is 24.3 Å². The minimum absolute atomic E-state index is 0.608. The van der Waals surface area contributed by atoms with Gasteiger partial charge in [-0.15, -0.1) is 0 Å². The molecule has 1 unspecified atom stereocenters. The fourth-order valence-corrected chi connectivity index (χ4v) is 3.38. The molecule has 0 aliphatic heterocycles. The fourth-order valence-electron chi connectivity index (χ4n) is 1.54. The van der Waals surface area contributed by atoms with Gasteiger partial charge in [-0.3, -0.25) is 0 Å². The number of hydrogen-bond donors (Lipinski definition) is 1. The van der Waals surface area contributed by atoms with E-state index in [1.165, 1.54) is 0 Å². The quantitative estimate of drug-likeness (QED) is 0.613. The van der Waals surface area contributed by atoms with E-state index in [0.29, 0.717) is 6.61 Å². The molecule has 2 N–H and O–H groups in total. The lowest BCUT2D eigenvalue weighted by Gasteiger charge is -2.24. The van der Waals surface area contributed by atoms with Crippen LogP contribution in [0.15, 0.2) is 24.3 Å². The predicted molar refractivity (Wildman–Crippen MR) is 69.4 cm³/mol. The molecule has 1 atom stereocenters. The minimum Gasteiger partial charge on any atom is -0.399 e. The number of hydrogen-bond acceptors (Lipinski definition) is 3. The lowest BCUT2D eigenvalue weighted by atomic mass is 10.2. The van der Waals surface area contributed by atoms with Gasteiger partial charge in [0.1, 0.15) is 0 Å². The van der Waals surface area contributed by atoms with Crippen molar-refractivity contribution in [1.29, 1.82) is 0 Å². The lowest BCUT2D eigenvalue weighted by Crippen LogP contribution is -2.36. The Hall–Kier alpha value is -0.843. The summed E-state index contributed by atoms with van der Waals surface area (Å²) in [5.41, 5.74) is 7.55. The van der Waals surface area contributed by atoms with Gasteiger partial charge in [0.2, 0.25) is 0 Å². The van der Waals surface area contributed by atoms with Crippen LogP contribution in [0.25, 0.3) is 0 Å². The second kappa shape index (κ2) is 6.03. The molecule has 0 bridgehead atoms. The zero-order valence-corrected chi connectivity index (χ0v) is 11.3. The minimum atomic E-state index is -1.95. The van der Waals surface area contributed by atoms with Crippen LogP contribution in [0, 0.1) is 0 Å². The van der Waals surface area contributed by atoms with Gasteiger partial charge < -0.3 is 14.6 Å². The van der Waals surface area contributed by atoms with Crippen LogP contribution in [0.2, 0.25) is 12.6 Å². The van der Waals surface area contributed by atoms with Crippen molar-refractivity contribution >= 4 is 14.2 Å². The number of anilines is 1. The van der Waals surface area contributed by atoms with E-state index in [-0.39, 0.29) is 0 Å². The van der Waals surface area contributed by atoms with Gasteiger partial charge in [-0.1, -0.05) is 25.5 Å². The molecule has 0 radical (unpaired) electrons. The predicted octanol–water partition coefficient (Wildman–Crippen LogP) is 2.91. The monoisotopic (exact) mass is 239 g/mol. The van der Waals surface area contributed by atoms with Crippen molar-refractivity contribution in [2.24, 2.45) is 0 Å². The molecule has 0 saturated carbocycles. The average molecular weight is 239 g/mol. The van der Waals surface area contributed by atoms with Crippen molar-refractivity contribution in [3.63, 3.8) is 0 Å². The molecule has 0 fully saturated rings. The topological polar surface area (TPSA) is 44.5 Å². The van der Waals surface area contributed by atoms with Crippen molar-refractivity contribution < 1.29 is 8.85 Å². The summed E-state index contributed by atoms with van der Waals surface area (Å²) in [6.45, 7) is 4.86. The van der Waals surface area contributed by atoms with Crippen LogP contribution >= 0.6 is 0 Å². The standard InChI is InChI=1S/C12H21NO2Si/c1-4-9-16(3,14-2)15-10-11-5-7-12(13)8-6-11/h5-8H,4,9-10,13H2,1-3H3. The van der Waals surface area contributed by atoms with Crippen LogP contribution in [0.3, 0.4) is 0 Å². The number of rotatable bonds is 6. The Balaban J connectivity index is 2.52. The molecule has 0 aliphatic carbocycles. The Labute approximate surface area is 98.8 Å². The van der Waals surface area contributed by atoms with Gasteiger partial charge in [-0.2, -0.15) is 0 Å². The van der Waals surface area contributed by atoms with Crippen molar-refractivity contribution in [1.82, 2.24) is 0 Å². The second-order valence-electron chi connectivity index (χ2n) is 4.12. The fraction of sp³-hybridized carbons (Fsp3) is 0.500. The highest BCUT2D eigenvalue weighted by Gasteiger charge is 2.28. The van der Waals surface area contributed by atoms with Crippen LogP contribution in [-0.2, 0) is 15.5 Å². The van der Waals surface area contributed by atoms with Crippen LogP contribution in [0.5, 0.6) is 0 Å². The molecule has 1 aromatic rings. The molecular formula is C12H21NO2Si. The summed E-state index contributed by atoms with van der Waals surface area (Å²) in [6.07, 6.45) is 1.10. The lowest BCUT2D eigenvalue weighted by molar-refractivity contribution is 0.195. The van der Waals surface area contributed by atoms with Gasteiger partial charge in [0, 0.05) is 12.8 Å². The summed E-state index contributed by atoms with van der Waals surface area (Å²) in [5.74, 6) is 0. The zero-order chi connectivity index (χ0) is 12.0.